The van der Waals surface area contributed by atoms with Crippen LogP contribution in [0.3, 0.4) is 0 Å². The van der Waals surface area contributed by atoms with Gasteiger partial charge in [0.05, 0.1) is 12.7 Å². The van der Waals surface area contributed by atoms with Crippen LogP contribution in [-0.2, 0) is 6.54 Å². The van der Waals surface area contributed by atoms with Crippen molar-refractivity contribution in [2.24, 2.45) is 5.73 Å². The number of nitrogens with zero attached hydrogens (tertiary/aromatic N) is 1. The number of halogens is 2. The second-order valence-electron chi connectivity index (χ2n) is 2.74. The second-order valence-corrected chi connectivity index (χ2v) is 2.74. The standard InChI is InChI=1S/C9H10F2N2O2/c1-15-8-6(4-14)5(2-12)3-13-7(8)9(10)11/h3-4,9H,2,12H2,1H3. The third-order valence-corrected chi connectivity index (χ3v) is 1.93. The molecule has 0 spiro atoms. The molecule has 0 aliphatic rings. The topological polar surface area (TPSA) is 65.2 Å². The Labute approximate surface area is 85.1 Å². The van der Waals surface area contributed by atoms with Gasteiger partial charge in [-0.25, -0.2) is 8.78 Å². The van der Waals surface area contributed by atoms with E-state index in [1.54, 1.807) is 0 Å². The van der Waals surface area contributed by atoms with Gasteiger partial charge < -0.3 is 10.5 Å². The van der Waals surface area contributed by atoms with E-state index in [0.717, 1.165) is 6.20 Å². The molecule has 2 N–H and O–H groups in total. The summed E-state index contributed by atoms with van der Waals surface area (Å²) in [6.45, 7) is 0.0426. The molecule has 0 amide bonds. The van der Waals surface area contributed by atoms with E-state index in [-0.39, 0.29) is 17.9 Å². The van der Waals surface area contributed by atoms with Gasteiger partial charge in [-0.3, -0.25) is 9.78 Å². The minimum absolute atomic E-state index is 0.0327. The molecule has 4 nitrogen and oxygen atoms in total. The molecule has 1 aromatic rings. The Bertz CT molecular complexity index is 369. The van der Waals surface area contributed by atoms with Crippen molar-refractivity contribution >= 4 is 6.29 Å². The maximum Gasteiger partial charge on any atom is 0.284 e. The molecule has 0 aliphatic heterocycles. The van der Waals surface area contributed by atoms with E-state index in [4.69, 9.17) is 10.5 Å². The van der Waals surface area contributed by atoms with E-state index < -0.39 is 12.1 Å². The molecule has 1 rings (SSSR count). The summed E-state index contributed by atoms with van der Waals surface area (Å²) in [6.07, 6.45) is -1.19. The lowest BCUT2D eigenvalue weighted by molar-refractivity contribution is 0.111. The first kappa shape index (κ1) is 11.5. The van der Waals surface area contributed by atoms with E-state index in [9.17, 15) is 13.6 Å². The molecule has 0 bridgehead atoms. The highest BCUT2D eigenvalue weighted by Gasteiger charge is 2.20. The molecule has 82 valence electrons. The minimum Gasteiger partial charge on any atom is -0.494 e. The molecule has 1 aromatic heterocycles. The molecule has 0 aromatic carbocycles. The quantitative estimate of drug-likeness (QED) is 0.770. The fourth-order valence-electron chi connectivity index (χ4n) is 1.22. The van der Waals surface area contributed by atoms with E-state index >= 15 is 0 Å². The summed E-state index contributed by atoms with van der Waals surface area (Å²) in [4.78, 5) is 14.2. The summed E-state index contributed by atoms with van der Waals surface area (Å²) in [5.74, 6) is -0.206. The first-order chi connectivity index (χ1) is 7.15. The van der Waals surface area contributed by atoms with Crippen LogP contribution >= 0.6 is 0 Å². The van der Waals surface area contributed by atoms with E-state index in [2.05, 4.69) is 4.98 Å². The monoisotopic (exact) mass is 216 g/mol. The number of hydrogen-bond donors (Lipinski definition) is 1. The fraction of sp³-hybridized carbons (Fsp3) is 0.333. The summed E-state index contributed by atoms with van der Waals surface area (Å²) < 4.78 is 29.7. The third kappa shape index (κ3) is 2.10. The van der Waals surface area contributed by atoms with Crippen molar-refractivity contribution in [1.82, 2.24) is 4.98 Å². The predicted molar refractivity (Wildman–Crippen MR) is 49.0 cm³/mol. The van der Waals surface area contributed by atoms with Crippen LogP contribution in [-0.4, -0.2) is 18.4 Å². The van der Waals surface area contributed by atoms with E-state index in [1.165, 1.54) is 7.11 Å². The average molecular weight is 216 g/mol. The summed E-state index contributed by atoms with van der Waals surface area (Å²) in [6, 6.07) is 0. The number of rotatable bonds is 4. The molecule has 1 heterocycles. The Morgan fingerprint density at radius 1 is 1.67 bits per heavy atom. The molecule has 0 unspecified atom stereocenters. The van der Waals surface area contributed by atoms with Crippen molar-refractivity contribution in [3.63, 3.8) is 0 Å². The number of alkyl halides is 2. The van der Waals surface area contributed by atoms with Crippen LogP contribution in [0.25, 0.3) is 0 Å². The number of nitrogens with two attached hydrogens (primary N) is 1. The number of aldehydes is 1. The molecule has 0 atom stereocenters. The Kier molecular flexibility index (Phi) is 3.68. The van der Waals surface area contributed by atoms with Crippen molar-refractivity contribution < 1.29 is 18.3 Å². The zero-order chi connectivity index (χ0) is 11.4. The third-order valence-electron chi connectivity index (χ3n) is 1.93. The summed E-state index contributed by atoms with van der Waals surface area (Å²) >= 11 is 0. The van der Waals surface area contributed by atoms with Crippen molar-refractivity contribution in [3.8, 4) is 5.75 Å². The van der Waals surface area contributed by atoms with Gasteiger partial charge in [-0.1, -0.05) is 0 Å². The summed E-state index contributed by atoms with van der Waals surface area (Å²) in [5.41, 5.74) is 5.20. The molecule has 0 radical (unpaired) electrons. The molecule has 0 saturated heterocycles. The molecular formula is C9H10F2N2O2. The average Bonchev–Trinajstić information content (AvgIpc) is 2.26. The lowest BCUT2D eigenvalue weighted by atomic mass is 10.1. The number of aromatic nitrogens is 1. The summed E-state index contributed by atoms with van der Waals surface area (Å²) in [7, 11) is 1.20. The van der Waals surface area contributed by atoms with Gasteiger partial charge in [0.15, 0.2) is 12.0 Å². The van der Waals surface area contributed by atoms with Crippen LogP contribution < -0.4 is 10.5 Å². The van der Waals surface area contributed by atoms with Crippen LogP contribution in [0.1, 0.15) is 28.0 Å². The minimum atomic E-state index is -2.79. The first-order valence-electron chi connectivity index (χ1n) is 4.14. The lowest BCUT2D eigenvalue weighted by Crippen LogP contribution is -2.07. The van der Waals surface area contributed by atoms with Crippen LogP contribution in [0, 0.1) is 0 Å². The SMILES string of the molecule is COc1c(C(F)F)ncc(CN)c1C=O. The smallest absolute Gasteiger partial charge is 0.284 e. The zero-order valence-electron chi connectivity index (χ0n) is 8.04. The van der Waals surface area contributed by atoms with Gasteiger partial charge in [0.2, 0.25) is 0 Å². The maximum absolute atomic E-state index is 12.5. The Hall–Kier alpha value is -1.56. The molecule has 0 aliphatic carbocycles. The van der Waals surface area contributed by atoms with Gasteiger partial charge in [-0.15, -0.1) is 0 Å². The Morgan fingerprint density at radius 2 is 2.33 bits per heavy atom. The van der Waals surface area contributed by atoms with Gasteiger partial charge in [0, 0.05) is 12.7 Å². The van der Waals surface area contributed by atoms with Crippen LogP contribution in [0.15, 0.2) is 6.20 Å². The van der Waals surface area contributed by atoms with Gasteiger partial charge in [0.1, 0.15) is 5.69 Å². The largest absolute Gasteiger partial charge is 0.494 e. The number of carbonyl (C=O) groups is 1. The number of carbonyl (C=O) groups excluding carboxylic acids is 1. The summed E-state index contributed by atoms with van der Waals surface area (Å²) in [5, 5.41) is 0. The molecule has 15 heavy (non-hydrogen) atoms. The first-order valence-corrected chi connectivity index (χ1v) is 4.14. The van der Waals surface area contributed by atoms with Gasteiger partial charge in [0.25, 0.3) is 6.43 Å². The van der Waals surface area contributed by atoms with Gasteiger partial charge in [-0.05, 0) is 5.56 Å². The molecule has 0 fully saturated rings. The normalized spacial score (nSPS) is 10.5. The highest BCUT2D eigenvalue weighted by atomic mass is 19.3. The fourth-order valence-corrected chi connectivity index (χ4v) is 1.22. The van der Waals surface area contributed by atoms with Gasteiger partial charge >= 0.3 is 0 Å². The molecule has 0 saturated carbocycles. The van der Waals surface area contributed by atoms with Crippen molar-refractivity contribution in [1.29, 1.82) is 0 Å². The number of ether oxygens (including phenoxy) is 1. The van der Waals surface area contributed by atoms with Gasteiger partial charge in [-0.2, -0.15) is 0 Å². The van der Waals surface area contributed by atoms with Crippen LogP contribution in [0.5, 0.6) is 5.75 Å². The second kappa shape index (κ2) is 4.79. The zero-order valence-corrected chi connectivity index (χ0v) is 8.04. The Morgan fingerprint density at radius 3 is 2.73 bits per heavy atom. The van der Waals surface area contributed by atoms with Crippen molar-refractivity contribution in [3.05, 3.63) is 23.0 Å². The van der Waals surface area contributed by atoms with Crippen molar-refractivity contribution in [2.75, 3.05) is 7.11 Å². The van der Waals surface area contributed by atoms with Crippen LogP contribution in [0.2, 0.25) is 0 Å². The number of methoxy groups -OCH3 is 1. The predicted octanol–water partition coefficient (Wildman–Crippen LogP) is 1.30. The Balaban J connectivity index is 3.40. The molecule has 6 heteroatoms. The maximum atomic E-state index is 12.5. The van der Waals surface area contributed by atoms with E-state index in [1.807, 2.05) is 0 Å². The molecular weight excluding hydrogens is 206 g/mol. The van der Waals surface area contributed by atoms with Crippen molar-refractivity contribution in [2.45, 2.75) is 13.0 Å². The highest BCUT2D eigenvalue weighted by Crippen LogP contribution is 2.30. The number of pyridine rings is 1. The van der Waals surface area contributed by atoms with E-state index in [0.29, 0.717) is 11.8 Å². The highest BCUT2D eigenvalue weighted by molar-refractivity contribution is 5.82. The van der Waals surface area contributed by atoms with Crippen LogP contribution in [0.4, 0.5) is 8.78 Å². The lowest BCUT2D eigenvalue weighted by Gasteiger charge is -2.11. The number of hydrogen-bond acceptors (Lipinski definition) is 4.